The molecule has 0 atom stereocenters. The van der Waals surface area contributed by atoms with Gasteiger partial charge in [-0.2, -0.15) is 0 Å². The highest BCUT2D eigenvalue weighted by Crippen LogP contribution is 2.38. The molecule has 32 heavy (non-hydrogen) atoms. The van der Waals surface area contributed by atoms with E-state index in [1.54, 1.807) is 0 Å². The van der Waals surface area contributed by atoms with Crippen LogP contribution in [0.25, 0.3) is 31.8 Å². The molecule has 0 aliphatic carbocycles. The van der Waals surface area contributed by atoms with Gasteiger partial charge in [-0.3, -0.25) is 4.98 Å². The van der Waals surface area contributed by atoms with Crippen molar-refractivity contribution in [2.24, 2.45) is 0 Å². The lowest BCUT2D eigenvalue weighted by atomic mass is 9.85. The highest BCUT2D eigenvalue weighted by Gasteiger charge is 2.16. The van der Waals surface area contributed by atoms with Gasteiger partial charge in [-0.1, -0.05) is 78.3 Å². The first-order valence-electron chi connectivity index (χ1n) is 11.7. The van der Waals surface area contributed by atoms with E-state index in [1.165, 1.54) is 48.3 Å². The second-order valence-electron chi connectivity index (χ2n) is 10.8. The molecule has 0 unspecified atom stereocenters. The van der Waals surface area contributed by atoms with Crippen LogP contribution in [0.2, 0.25) is 0 Å². The van der Waals surface area contributed by atoms with Crippen LogP contribution in [0.1, 0.15) is 82.6 Å². The molecular weight excluding hydrogens is 406 g/mol. The minimum Gasteiger partial charge on any atom is -0.255 e. The molecule has 166 valence electrons. The van der Waals surface area contributed by atoms with Crippen LogP contribution in [-0.4, -0.2) is 4.98 Å². The summed E-state index contributed by atoms with van der Waals surface area (Å²) in [5, 5.41) is 1.27. The fourth-order valence-corrected chi connectivity index (χ4v) is 5.09. The quantitative estimate of drug-likeness (QED) is 0.307. The highest BCUT2D eigenvalue weighted by molar-refractivity contribution is 7.22. The standard InChI is InChI=1S/C30H35NS/c1-18(2)21-11-22(19(3)4)13-24(12-21)28-16-25-15-27(31-17-29(25)32-28)23-9-20(5)10-26(14-23)30(6,7)8/h9-19H,1-8H3. The molecule has 0 N–H and O–H groups in total. The molecule has 0 amide bonds. The van der Waals surface area contributed by atoms with E-state index >= 15 is 0 Å². The van der Waals surface area contributed by atoms with Gasteiger partial charge in [0, 0.05) is 16.6 Å². The van der Waals surface area contributed by atoms with E-state index < -0.39 is 0 Å². The summed E-state index contributed by atoms with van der Waals surface area (Å²) in [7, 11) is 0. The number of thiophene rings is 1. The molecule has 0 radical (unpaired) electrons. The number of aryl methyl sites for hydroxylation is 1. The second-order valence-corrected chi connectivity index (χ2v) is 11.8. The number of hydrogen-bond acceptors (Lipinski definition) is 2. The number of benzene rings is 2. The Morgan fingerprint density at radius 3 is 2.00 bits per heavy atom. The number of nitrogens with zero attached hydrogens (tertiary/aromatic N) is 1. The first-order chi connectivity index (χ1) is 15.0. The monoisotopic (exact) mass is 441 g/mol. The molecule has 0 spiro atoms. The van der Waals surface area contributed by atoms with Crippen LogP contribution in [0.4, 0.5) is 0 Å². The van der Waals surface area contributed by atoms with Crippen LogP contribution in [0.5, 0.6) is 0 Å². The van der Waals surface area contributed by atoms with Crippen molar-refractivity contribution in [2.75, 3.05) is 0 Å². The predicted molar refractivity (Wildman–Crippen MR) is 142 cm³/mol. The van der Waals surface area contributed by atoms with Crippen LogP contribution in [-0.2, 0) is 5.41 Å². The Kier molecular flexibility index (Phi) is 6.02. The first kappa shape index (κ1) is 22.7. The minimum absolute atomic E-state index is 0.121. The Labute approximate surface area is 197 Å². The number of fused-ring (bicyclic) bond motifs is 1. The summed E-state index contributed by atoms with van der Waals surface area (Å²) in [6, 6.07) is 18.5. The number of rotatable bonds is 4. The molecule has 2 heteroatoms. The van der Waals surface area contributed by atoms with Crippen molar-refractivity contribution in [1.82, 2.24) is 4.98 Å². The Bertz CT molecular complexity index is 1240. The zero-order valence-corrected chi connectivity index (χ0v) is 21.5. The molecule has 0 fully saturated rings. The fraction of sp³-hybridized carbons (Fsp3) is 0.367. The topological polar surface area (TPSA) is 12.9 Å². The van der Waals surface area contributed by atoms with E-state index in [0.29, 0.717) is 11.8 Å². The van der Waals surface area contributed by atoms with Crippen LogP contribution in [0.3, 0.4) is 0 Å². The molecule has 2 aromatic heterocycles. The maximum atomic E-state index is 4.85. The number of hydrogen-bond donors (Lipinski definition) is 0. The molecule has 0 saturated carbocycles. The van der Waals surface area contributed by atoms with Crippen LogP contribution < -0.4 is 0 Å². The van der Waals surface area contributed by atoms with Crippen molar-refractivity contribution in [3.63, 3.8) is 0 Å². The van der Waals surface area contributed by atoms with Gasteiger partial charge >= 0.3 is 0 Å². The van der Waals surface area contributed by atoms with Crippen molar-refractivity contribution < 1.29 is 0 Å². The van der Waals surface area contributed by atoms with Crippen molar-refractivity contribution in [3.05, 3.63) is 77.0 Å². The summed E-state index contributed by atoms with van der Waals surface area (Å²) in [5.74, 6) is 1.04. The Hall–Kier alpha value is -2.45. The molecular formula is C30H35NS. The highest BCUT2D eigenvalue weighted by atomic mass is 32.1. The largest absolute Gasteiger partial charge is 0.255 e. The van der Waals surface area contributed by atoms with E-state index in [0.717, 1.165) is 5.69 Å². The molecule has 0 aliphatic heterocycles. The normalized spacial score (nSPS) is 12.3. The zero-order chi connectivity index (χ0) is 23.2. The van der Waals surface area contributed by atoms with Crippen molar-refractivity contribution in [1.29, 1.82) is 0 Å². The molecule has 1 nitrogen and oxygen atoms in total. The fourth-order valence-electron chi connectivity index (χ4n) is 4.10. The third-order valence-electron chi connectivity index (χ3n) is 6.24. The molecule has 4 aromatic rings. The second kappa shape index (κ2) is 8.48. The lowest BCUT2D eigenvalue weighted by Gasteiger charge is -2.20. The third kappa shape index (κ3) is 4.66. The lowest BCUT2D eigenvalue weighted by molar-refractivity contribution is 0.590. The summed E-state index contributed by atoms with van der Waals surface area (Å²) in [6.07, 6.45) is 2.05. The minimum atomic E-state index is 0.121. The van der Waals surface area contributed by atoms with Crippen molar-refractivity contribution in [2.45, 2.75) is 72.6 Å². The van der Waals surface area contributed by atoms with Gasteiger partial charge in [0.25, 0.3) is 0 Å². The van der Waals surface area contributed by atoms with E-state index in [1.807, 2.05) is 17.5 Å². The van der Waals surface area contributed by atoms with Crippen LogP contribution >= 0.6 is 11.3 Å². The maximum Gasteiger partial charge on any atom is 0.0709 e. The number of pyridine rings is 1. The summed E-state index contributed by atoms with van der Waals surface area (Å²) in [6.45, 7) is 18.1. The molecule has 2 aromatic carbocycles. The van der Waals surface area contributed by atoms with Gasteiger partial charge in [-0.25, -0.2) is 0 Å². The average Bonchev–Trinajstić information content (AvgIpc) is 3.15. The Morgan fingerprint density at radius 1 is 0.750 bits per heavy atom. The Morgan fingerprint density at radius 2 is 1.41 bits per heavy atom. The molecule has 0 saturated heterocycles. The van der Waals surface area contributed by atoms with E-state index in [9.17, 15) is 0 Å². The lowest BCUT2D eigenvalue weighted by Crippen LogP contribution is -2.11. The van der Waals surface area contributed by atoms with E-state index in [4.69, 9.17) is 4.98 Å². The number of aromatic nitrogens is 1. The molecule has 4 rings (SSSR count). The van der Waals surface area contributed by atoms with Gasteiger partial charge in [0.1, 0.15) is 0 Å². The van der Waals surface area contributed by atoms with Crippen LogP contribution in [0, 0.1) is 6.92 Å². The summed E-state index contributed by atoms with van der Waals surface area (Å²) < 4.78 is 1.24. The smallest absolute Gasteiger partial charge is 0.0709 e. The van der Waals surface area contributed by atoms with Crippen molar-refractivity contribution >= 4 is 21.4 Å². The predicted octanol–water partition coefficient (Wildman–Crippen LogP) is 9.48. The third-order valence-corrected chi connectivity index (χ3v) is 7.37. The maximum absolute atomic E-state index is 4.85. The summed E-state index contributed by atoms with van der Waals surface area (Å²) in [5.41, 5.74) is 9.17. The van der Waals surface area contributed by atoms with Crippen LogP contribution in [0.15, 0.2) is 54.7 Å². The molecule has 0 bridgehead atoms. The Balaban J connectivity index is 1.79. The van der Waals surface area contributed by atoms with Gasteiger partial charge in [-0.15, -0.1) is 11.3 Å². The van der Waals surface area contributed by atoms with Gasteiger partial charge in [0.15, 0.2) is 0 Å². The summed E-state index contributed by atoms with van der Waals surface area (Å²) in [4.78, 5) is 6.17. The molecule has 0 aliphatic rings. The summed E-state index contributed by atoms with van der Waals surface area (Å²) >= 11 is 1.84. The average molecular weight is 442 g/mol. The van der Waals surface area contributed by atoms with Gasteiger partial charge in [-0.05, 0) is 76.1 Å². The molecule has 2 heterocycles. The van der Waals surface area contributed by atoms with Gasteiger partial charge < -0.3 is 0 Å². The zero-order valence-electron chi connectivity index (χ0n) is 20.7. The first-order valence-corrected chi connectivity index (χ1v) is 12.5. The van der Waals surface area contributed by atoms with Crippen molar-refractivity contribution in [3.8, 4) is 21.7 Å². The van der Waals surface area contributed by atoms with E-state index in [2.05, 4.69) is 104 Å². The van der Waals surface area contributed by atoms with E-state index in [-0.39, 0.29) is 5.41 Å². The SMILES string of the molecule is Cc1cc(-c2cc3cc(-c4cc(C(C)C)cc(C(C)C)c4)sc3cn2)cc(C(C)(C)C)c1. The van der Waals surface area contributed by atoms with Gasteiger partial charge in [0.05, 0.1) is 10.4 Å². The van der Waals surface area contributed by atoms with Gasteiger partial charge in [0.2, 0.25) is 0 Å².